The molecule has 1 heterocycles. The average Bonchev–Trinajstić information content (AvgIpc) is 3.53. The van der Waals surface area contributed by atoms with Crippen LogP contribution in [0.2, 0.25) is 0 Å². The molecule has 3 rings (SSSR count). The van der Waals surface area contributed by atoms with Gasteiger partial charge >= 0.3 is 0 Å². The maximum absolute atomic E-state index is 9.50. The van der Waals surface area contributed by atoms with Gasteiger partial charge < -0.3 is 21.6 Å². The van der Waals surface area contributed by atoms with Crippen LogP contribution >= 0.6 is 11.3 Å². The van der Waals surface area contributed by atoms with Crippen molar-refractivity contribution in [2.24, 2.45) is 5.73 Å². The van der Waals surface area contributed by atoms with Crippen LogP contribution in [0.25, 0.3) is 6.08 Å². The molecule has 3 aromatic rings. The molecular weight excluding hydrogens is 619 g/mol. The minimum absolute atomic E-state index is 0. The highest BCUT2D eigenvalue weighted by Gasteiger charge is 2.19. The molecule has 2 aromatic carbocycles. The summed E-state index contributed by atoms with van der Waals surface area (Å²) in [4.78, 5) is 1.41. The summed E-state index contributed by atoms with van der Waals surface area (Å²) in [5.74, 6) is 0.598. The highest BCUT2D eigenvalue weighted by molar-refractivity contribution is 7.10. The lowest BCUT2D eigenvalue weighted by atomic mass is 9.88. The quantitative estimate of drug-likeness (QED) is 0.100. The Hall–Kier alpha value is -2.73. The zero-order valence-corrected chi connectivity index (χ0v) is 33.7. The molecule has 5 heteroatoms. The first kappa shape index (κ1) is 50.6. The second-order valence-electron chi connectivity index (χ2n) is 12.0. The molecule has 0 radical (unpaired) electrons. The molecule has 0 spiro atoms. The number of hydrogen-bond donors (Lipinski definition) is 4. The Morgan fingerprint density at radius 3 is 1.94 bits per heavy atom. The molecule has 280 valence electrons. The molecule has 0 fully saturated rings. The van der Waals surface area contributed by atoms with Gasteiger partial charge in [0.1, 0.15) is 5.75 Å². The Bertz CT molecular complexity index is 1230. The Morgan fingerprint density at radius 2 is 1.49 bits per heavy atom. The maximum atomic E-state index is 9.50. The summed E-state index contributed by atoms with van der Waals surface area (Å²) >= 11 is 1.80. The number of phenolic OH excluding ortho intramolecular Hbond substituents is 1. The van der Waals surface area contributed by atoms with E-state index in [2.05, 4.69) is 90.4 Å². The van der Waals surface area contributed by atoms with Gasteiger partial charge in [0.25, 0.3) is 0 Å². The average molecular weight is 696 g/mol. The molecule has 2 atom stereocenters. The van der Waals surface area contributed by atoms with Crippen LogP contribution in [0, 0.1) is 12.3 Å². The molecule has 0 aliphatic rings. The smallest absolute Gasteiger partial charge is 0.115 e. The van der Waals surface area contributed by atoms with Gasteiger partial charge in [0.15, 0.2) is 0 Å². The predicted octanol–water partition coefficient (Wildman–Crippen LogP) is 13.1. The Labute approximate surface area is 308 Å². The molecule has 0 amide bonds. The highest BCUT2D eigenvalue weighted by Crippen LogP contribution is 2.28. The van der Waals surface area contributed by atoms with Crippen LogP contribution in [0.3, 0.4) is 0 Å². The fraction of sp³-hybridized carbons (Fsp3) is 0.568. The lowest BCUT2D eigenvalue weighted by Crippen LogP contribution is -2.29. The van der Waals surface area contributed by atoms with Crippen molar-refractivity contribution in [1.82, 2.24) is 5.32 Å². The van der Waals surface area contributed by atoms with E-state index in [1.54, 1.807) is 23.5 Å². The van der Waals surface area contributed by atoms with Gasteiger partial charge in [-0.05, 0) is 123 Å². The number of aromatic hydroxyl groups is 1. The summed E-state index contributed by atoms with van der Waals surface area (Å²) < 4.78 is 0. The molecule has 0 aliphatic heterocycles. The van der Waals surface area contributed by atoms with Gasteiger partial charge in [-0.2, -0.15) is 0 Å². The molecular formula is C44H77N3OS. The molecule has 2 unspecified atom stereocenters. The van der Waals surface area contributed by atoms with Gasteiger partial charge in [-0.25, -0.2) is 0 Å². The first-order valence-electron chi connectivity index (χ1n) is 18.7. The number of thiophene rings is 1. The van der Waals surface area contributed by atoms with Crippen molar-refractivity contribution < 1.29 is 5.11 Å². The Balaban J connectivity index is -0.000000652. The topological polar surface area (TPSA) is 82.1 Å². The lowest BCUT2D eigenvalue weighted by molar-refractivity contribution is 0.473. The van der Waals surface area contributed by atoms with Gasteiger partial charge in [0.05, 0.1) is 0 Å². The molecule has 49 heavy (non-hydrogen) atoms. The monoisotopic (exact) mass is 696 g/mol. The van der Waals surface area contributed by atoms with E-state index in [1.165, 1.54) is 72.3 Å². The standard InChI is InChI=1S/C17H23NOS.C15H21N.C6H15N.C3H8.C2H6.CH4/c1-4-13-7-8-20-17(13)10-16(18)12(3)15-6-5-14(19)9-11(15)2;1-4-6-13(5-2)11-14-7-9-15(10-8-14)12(3)16;1-3-5-7-6-4-2;1-3-2;1-2;/h5-9,12,16,19H,4,10,18H2,1-3H3;7-11,16H,4-6H2,1-3H3;7H,3-6H2,1-2H3;3H2,1-2H3;1-2H3;1H4. The molecule has 5 N–H and O–H groups in total. The fourth-order valence-electron chi connectivity index (χ4n) is 4.87. The Morgan fingerprint density at radius 1 is 0.918 bits per heavy atom. The van der Waals surface area contributed by atoms with Crippen LogP contribution in [0.5, 0.6) is 5.75 Å². The van der Waals surface area contributed by atoms with E-state index in [9.17, 15) is 5.11 Å². The second-order valence-corrected chi connectivity index (χ2v) is 13.0. The van der Waals surface area contributed by atoms with Gasteiger partial charge in [-0.3, -0.25) is 0 Å². The number of nitrogens with one attached hydrogen (secondary N) is 2. The van der Waals surface area contributed by atoms with Crippen molar-refractivity contribution in [2.45, 2.75) is 154 Å². The SMILES string of the molecule is C.CC.CCC.CCCC(=Cc1ccc(C(C)=N)cc1)CC.CCCNCCC.CCc1ccsc1CC(N)C(C)c1ccc(O)cc1C. The molecule has 0 aliphatic carbocycles. The summed E-state index contributed by atoms with van der Waals surface area (Å²) in [6, 6.07) is 16.1. The number of hydrogen-bond acceptors (Lipinski definition) is 5. The van der Waals surface area contributed by atoms with Gasteiger partial charge in [-0.15, -0.1) is 11.3 Å². The summed E-state index contributed by atoms with van der Waals surface area (Å²) in [7, 11) is 0. The van der Waals surface area contributed by atoms with Crippen molar-refractivity contribution in [2.75, 3.05) is 13.1 Å². The van der Waals surface area contributed by atoms with Crippen LogP contribution < -0.4 is 11.1 Å². The first-order chi connectivity index (χ1) is 23.0. The van der Waals surface area contributed by atoms with Crippen LogP contribution in [-0.2, 0) is 12.8 Å². The van der Waals surface area contributed by atoms with E-state index in [0.717, 1.165) is 30.4 Å². The highest BCUT2D eigenvalue weighted by atomic mass is 32.1. The fourth-order valence-corrected chi connectivity index (χ4v) is 5.92. The van der Waals surface area contributed by atoms with Crippen molar-refractivity contribution in [1.29, 1.82) is 5.41 Å². The van der Waals surface area contributed by atoms with Crippen LogP contribution in [0.4, 0.5) is 0 Å². The van der Waals surface area contributed by atoms with Gasteiger partial charge in [0.2, 0.25) is 0 Å². The molecule has 0 saturated heterocycles. The number of nitrogens with two attached hydrogens (primary N) is 1. The van der Waals surface area contributed by atoms with Crippen molar-refractivity contribution in [3.05, 3.63) is 92.2 Å². The van der Waals surface area contributed by atoms with Crippen LogP contribution in [-0.4, -0.2) is 29.9 Å². The second kappa shape index (κ2) is 32.5. The van der Waals surface area contributed by atoms with E-state index in [1.807, 2.05) is 45.9 Å². The number of allylic oxidation sites excluding steroid dienone is 1. The third-order valence-electron chi connectivity index (χ3n) is 7.62. The molecule has 0 bridgehead atoms. The first-order valence-corrected chi connectivity index (χ1v) is 19.6. The Kier molecular flexibility index (Phi) is 33.6. The summed E-state index contributed by atoms with van der Waals surface area (Å²) in [5, 5.41) is 22.5. The lowest BCUT2D eigenvalue weighted by Gasteiger charge is -2.22. The van der Waals surface area contributed by atoms with E-state index in [-0.39, 0.29) is 19.4 Å². The minimum atomic E-state index is 0. The summed E-state index contributed by atoms with van der Waals surface area (Å²) in [6.07, 6.45) is 11.5. The largest absolute Gasteiger partial charge is 0.508 e. The van der Waals surface area contributed by atoms with E-state index in [4.69, 9.17) is 11.1 Å². The van der Waals surface area contributed by atoms with E-state index >= 15 is 0 Å². The van der Waals surface area contributed by atoms with E-state index < -0.39 is 0 Å². The summed E-state index contributed by atoms with van der Waals surface area (Å²) in [6.45, 7) is 27.6. The van der Waals surface area contributed by atoms with Gasteiger partial charge in [-0.1, -0.05) is 131 Å². The third-order valence-corrected chi connectivity index (χ3v) is 8.60. The molecule has 0 saturated carbocycles. The summed E-state index contributed by atoms with van der Waals surface area (Å²) in [5.41, 5.74) is 14.5. The third kappa shape index (κ3) is 22.6. The van der Waals surface area contributed by atoms with E-state index in [0.29, 0.717) is 11.5 Å². The van der Waals surface area contributed by atoms with Crippen LogP contribution in [0.15, 0.2) is 59.5 Å². The van der Waals surface area contributed by atoms with Gasteiger partial charge in [0, 0.05) is 16.6 Å². The number of phenols is 1. The molecule has 1 aromatic heterocycles. The van der Waals surface area contributed by atoms with Crippen molar-refractivity contribution in [3.8, 4) is 5.75 Å². The number of aryl methyl sites for hydroxylation is 2. The number of benzene rings is 2. The minimum Gasteiger partial charge on any atom is -0.508 e. The van der Waals surface area contributed by atoms with Crippen molar-refractivity contribution in [3.63, 3.8) is 0 Å². The normalized spacial score (nSPS) is 11.4. The van der Waals surface area contributed by atoms with Crippen molar-refractivity contribution >= 4 is 23.1 Å². The predicted molar refractivity (Wildman–Crippen MR) is 226 cm³/mol. The molecule has 4 nitrogen and oxygen atoms in total. The van der Waals surface area contributed by atoms with Crippen LogP contribution in [0.1, 0.15) is 161 Å². The number of rotatable bonds is 14. The zero-order valence-electron chi connectivity index (χ0n) is 32.9. The zero-order chi connectivity index (χ0) is 36.9. The maximum Gasteiger partial charge on any atom is 0.115 e.